The number of likely N-dealkylation sites (N-methyl/N-ethyl adjacent to an activating group) is 1. The van der Waals surface area contributed by atoms with Gasteiger partial charge in [-0.1, -0.05) is 17.7 Å². The Bertz CT molecular complexity index is 880. The third-order valence-electron chi connectivity index (χ3n) is 3.46. The van der Waals surface area contributed by atoms with Crippen LogP contribution in [0.3, 0.4) is 0 Å². The summed E-state index contributed by atoms with van der Waals surface area (Å²) in [6.45, 7) is 2.61. The molecule has 2 heterocycles. The highest BCUT2D eigenvalue weighted by Crippen LogP contribution is 2.17. The smallest absolute Gasteiger partial charge is 0.293 e. The van der Waals surface area contributed by atoms with Gasteiger partial charge >= 0.3 is 0 Å². The molecule has 0 spiro atoms. The van der Waals surface area contributed by atoms with Crippen LogP contribution in [0, 0.1) is 6.92 Å². The lowest BCUT2D eigenvalue weighted by Gasteiger charge is -2.15. The van der Waals surface area contributed by atoms with Crippen molar-refractivity contribution in [1.82, 2.24) is 24.5 Å². The predicted molar refractivity (Wildman–Crippen MR) is 89.4 cm³/mol. The van der Waals surface area contributed by atoms with Crippen molar-refractivity contribution in [2.45, 2.75) is 6.92 Å². The average molecular weight is 346 g/mol. The van der Waals surface area contributed by atoms with Crippen molar-refractivity contribution in [3.8, 4) is 5.75 Å². The van der Waals surface area contributed by atoms with Gasteiger partial charge in [0, 0.05) is 24.0 Å². The molecular weight excluding hydrogens is 330 g/mol. The number of fused-ring (bicyclic) bond motifs is 1. The average Bonchev–Trinajstić information content (AvgIpc) is 3.00. The molecule has 24 heavy (non-hydrogen) atoms. The maximum absolute atomic E-state index is 12.4. The molecule has 1 aromatic carbocycles. The summed E-state index contributed by atoms with van der Waals surface area (Å²) in [5, 5.41) is 4.81. The van der Waals surface area contributed by atoms with Gasteiger partial charge in [0.05, 0.1) is 6.54 Å². The summed E-state index contributed by atoms with van der Waals surface area (Å²) in [5.41, 5.74) is 0.860. The molecule has 7 nitrogen and oxygen atoms in total. The minimum atomic E-state index is -0.283. The molecular formula is C16H16ClN5O2. The standard InChI is InChI=1S/C16H16ClN5O2/c1-11-6-7-18-16-19-14(20-22(11)16)15(23)21(2)8-9-24-13-5-3-4-12(17)10-13/h3-7,10H,8-9H2,1-2H3. The number of hydrogen-bond acceptors (Lipinski definition) is 5. The van der Waals surface area contributed by atoms with Crippen LogP contribution in [-0.2, 0) is 0 Å². The Morgan fingerprint density at radius 2 is 2.21 bits per heavy atom. The van der Waals surface area contributed by atoms with E-state index in [1.807, 2.05) is 19.1 Å². The van der Waals surface area contributed by atoms with Crippen LogP contribution in [-0.4, -0.2) is 50.6 Å². The number of hydrogen-bond donors (Lipinski definition) is 0. The Morgan fingerprint density at radius 3 is 2.96 bits per heavy atom. The van der Waals surface area contributed by atoms with E-state index in [0.29, 0.717) is 29.7 Å². The highest BCUT2D eigenvalue weighted by molar-refractivity contribution is 6.30. The van der Waals surface area contributed by atoms with E-state index >= 15 is 0 Å². The number of nitrogens with zero attached hydrogens (tertiary/aromatic N) is 5. The third-order valence-corrected chi connectivity index (χ3v) is 3.69. The van der Waals surface area contributed by atoms with E-state index in [1.54, 1.807) is 36.0 Å². The second-order valence-corrected chi connectivity index (χ2v) is 5.70. The van der Waals surface area contributed by atoms with Gasteiger partial charge in [0.15, 0.2) is 0 Å². The van der Waals surface area contributed by atoms with Gasteiger partial charge < -0.3 is 9.64 Å². The molecule has 2 aromatic heterocycles. The van der Waals surface area contributed by atoms with Crippen LogP contribution in [0.25, 0.3) is 5.78 Å². The normalized spacial score (nSPS) is 10.8. The van der Waals surface area contributed by atoms with Crippen LogP contribution in [0.4, 0.5) is 0 Å². The summed E-state index contributed by atoms with van der Waals surface area (Å²) in [7, 11) is 1.68. The highest BCUT2D eigenvalue weighted by Gasteiger charge is 2.18. The van der Waals surface area contributed by atoms with Crippen molar-refractivity contribution >= 4 is 23.3 Å². The monoisotopic (exact) mass is 345 g/mol. The lowest BCUT2D eigenvalue weighted by molar-refractivity contribution is 0.0762. The number of benzene rings is 1. The molecule has 3 rings (SSSR count). The SMILES string of the molecule is Cc1ccnc2nc(C(=O)N(C)CCOc3cccc(Cl)c3)nn12. The second-order valence-electron chi connectivity index (χ2n) is 5.27. The van der Waals surface area contributed by atoms with Crippen LogP contribution in [0.2, 0.25) is 5.02 Å². The summed E-state index contributed by atoms with van der Waals surface area (Å²) in [5.74, 6) is 0.896. The van der Waals surface area contributed by atoms with Gasteiger partial charge in [-0.15, -0.1) is 5.10 Å². The number of amides is 1. The number of rotatable bonds is 5. The fourth-order valence-corrected chi connectivity index (χ4v) is 2.31. The summed E-state index contributed by atoms with van der Waals surface area (Å²) in [6.07, 6.45) is 1.64. The largest absolute Gasteiger partial charge is 0.492 e. The number of carbonyl (C=O) groups excluding carboxylic acids is 1. The quantitative estimate of drug-likeness (QED) is 0.709. The molecule has 124 valence electrons. The molecule has 0 aliphatic rings. The Hall–Kier alpha value is -2.67. The summed E-state index contributed by atoms with van der Waals surface area (Å²) in [6, 6.07) is 8.92. The fourth-order valence-electron chi connectivity index (χ4n) is 2.13. The van der Waals surface area contributed by atoms with Gasteiger partial charge in [0.1, 0.15) is 12.4 Å². The molecule has 0 unspecified atom stereocenters. The second kappa shape index (κ2) is 6.84. The van der Waals surface area contributed by atoms with Gasteiger partial charge in [-0.3, -0.25) is 4.79 Å². The van der Waals surface area contributed by atoms with Crippen molar-refractivity contribution in [2.24, 2.45) is 0 Å². The molecule has 0 bridgehead atoms. The molecule has 0 aliphatic heterocycles. The molecule has 0 N–H and O–H groups in total. The van der Waals surface area contributed by atoms with Gasteiger partial charge in [-0.05, 0) is 31.2 Å². The van der Waals surface area contributed by atoms with Crippen LogP contribution in [0.1, 0.15) is 16.3 Å². The molecule has 0 aliphatic carbocycles. The summed E-state index contributed by atoms with van der Waals surface area (Å²) in [4.78, 5) is 22.2. The zero-order valence-electron chi connectivity index (χ0n) is 13.3. The first-order chi connectivity index (χ1) is 11.5. The van der Waals surface area contributed by atoms with E-state index in [1.165, 1.54) is 4.90 Å². The minimum Gasteiger partial charge on any atom is -0.492 e. The molecule has 0 saturated heterocycles. The van der Waals surface area contributed by atoms with Crippen molar-refractivity contribution < 1.29 is 9.53 Å². The van der Waals surface area contributed by atoms with E-state index in [-0.39, 0.29) is 11.7 Å². The van der Waals surface area contributed by atoms with Gasteiger partial charge in [-0.25, -0.2) is 9.50 Å². The number of ether oxygens (including phenoxy) is 1. The zero-order chi connectivity index (χ0) is 17.1. The Kier molecular flexibility index (Phi) is 4.61. The Labute approximate surface area is 143 Å². The molecule has 0 atom stereocenters. The predicted octanol–water partition coefficient (Wildman–Crippen LogP) is 2.24. The van der Waals surface area contributed by atoms with Gasteiger partial charge in [0.2, 0.25) is 5.82 Å². The van der Waals surface area contributed by atoms with Crippen molar-refractivity contribution in [1.29, 1.82) is 0 Å². The Morgan fingerprint density at radius 1 is 1.38 bits per heavy atom. The number of aromatic nitrogens is 4. The van der Waals surface area contributed by atoms with Crippen molar-refractivity contribution in [3.63, 3.8) is 0 Å². The molecule has 0 radical (unpaired) electrons. The summed E-state index contributed by atoms with van der Waals surface area (Å²) >= 11 is 5.90. The van der Waals surface area contributed by atoms with E-state index in [9.17, 15) is 4.79 Å². The van der Waals surface area contributed by atoms with E-state index in [4.69, 9.17) is 16.3 Å². The highest BCUT2D eigenvalue weighted by atomic mass is 35.5. The topological polar surface area (TPSA) is 72.6 Å². The van der Waals surface area contributed by atoms with Gasteiger partial charge in [-0.2, -0.15) is 4.98 Å². The van der Waals surface area contributed by atoms with Crippen molar-refractivity contribution in [2.75, 3.05) is 20.2 Å². The lowest BCUT2D eigenvalue weighted by Crippen LogP contribution is -2.31. The molecule has 0 saturated carbocycles. The Balaban J connectivity index is 1.62. The maximum atomic E-state index is 12.4. The fraction of sp³-hybridized carbons (Fsp3) is 0.250. The van der Waals surface area contributed by atoms with Crippen LogP contribution in [0.5, 0.6) is 5.75 Å². The van der Waals surface area contributed by atoms with Crippen LogP contribution in [0.15, 0.2) is 36.5 Å². The number of halogens is 1. The first-order valence-electron chi connectivity index (χ1n) is 7.37. The first kappa shape index (κ1) is 16.2. The molecule has 1 amide bonds. The van der Waals surface area contributed by atoms with Crippen LogP contribution < -0.4 is 4.74 Å². The molecule has 0 fully saturated rings. The first-order valence-corrected chi connectivity index (χ1v) is 7.74. The van der Waals surface area contributed by atoms with E-state index in [0.717, 1.165) is 5.69 Å². The molecule has 3 aromatic rings. The lowest BCUT2D eigenvalue weighted by atomic mass is 10.3. The van der Waals surface area contributed by atoms with Crippen molar-refractivity contribution in [3.05, 3.63) is 53.1 Å². The molecule has 8 heteroatoms. The minimum absolute atomic E-state index is 0.113. The zero-order valence-corrected chi connectivity index (χ0v) is 14.1. The summed E-state index contributed by atoms with van der Waals surface area (Å²) < 4.78 is 7.13. The maximum Gasteiger partial charge on any atom is 0.293 e. The number of carbonyl (C=O) groups is 1. The number of aryl methyl sites for hydroxylation is 1. The third kappa shape index (κ3) is 3.46. The van der Waals surface area contributed by atoms with Crippen LogP contribution >= 0.6 is 11.6 Å². The van der Waals surface area contributed by atoms with E-state index in [2.05, 4.69) is 15.1 Å². The van der Waals surface area contributed by atoms with E-state index < -0.39 is 0 Å². The van der Waals surface area contributed by atoms with Gasteiger partial charge in [0.25, 0.3) is 11.7 Å².